The van der Waals surface area contributed by atoms with Crippen LogP contribution in [-0.4, -0.2) is 34.6 Å². The second-order valence-corrected chi connectivity index (χ2v) is 22.6. The van der Waals surface area contributed by atoms with E-state index in [-0.39, 0.29) is 12.6 Å². The fourth-order valence-electron chi connectivity index (χ4n) is 9.53. The SMILES string of the molecule is COC(CCCC(C)CC(C)CC(C)CC(C)CC(C)CC(C)I)OC(CCCC(C)CC(C)CC(C)CC(C)CC(C)CC(C)I)OC. The Morgan fingerprint density at radius 3 is 0.776 bits per heavy atom. The van der Waals surface area contributed by atoms with Crippen LogP contribution in [0, 0.1) is 59.2 Å². The Kier molecular flexibility index (Phi) is 30.5. The molecule has 0 bridgehead atoms. The summed E-state index contributed by atoms with van der Waals surface area (Å²) in [7, 11) is 3.57. The van der Waals surface area contributed by atoms with Crippen molar-refractivity contribution in [2.75, 3.05) is 14.2 Å². The van der Waals surface area contributed by atoms with Crippen LogP contribution in [0.4, 0.5) is 0 Å². The van der Waals surface area contributed by atoms with Crippen molar-refractivity contribution in [2.45, 2.75) is 206 Å². The van der Waals surface area contributed by atoms with Crippen molar-refractivity contribution >= 4 is 45.2 Å². The van der Waals surface area contributed by atoms with Crippen LogP contribution in [0.5, 0.6) is 0 Å². The van der Waals surface area contributed by atoms with Gasteiger partial charge < -0.3 is 14.2 Å². The van der Waals surface area contributed by atoms with Gasteiger partial charge in [-0.1, -0.05) is 141 Å². The van der Waals surface area contributed by atoms with Crippen molar-refractivity contribution in [2.24, 2.45) is 59.2 Å². The Balaban J connectivity index is 4.33. The van der Waals surface area contributed by atoms with Crippen LogP contribution in [0.2, 0.25) is 0 Å². The molecule has 0 fully saturated rings. The molecule has 0 saturated heterocycles. The molecule has 0 radical (unpaired) electrons. The summed E-state index contributed by atoms with van der Waals surface area (Å²) in [5, 5.41) is 0. The van der Waals surface area contributed by atoms with Crippen LogP contribution in [-0.2, 0) is 14.2 Å². The van der Waals surface area contributed by atoms with Gasteiger partial charge in [-0.15, -0.1) is 0 Å². The van der Waals surface area contributed by atoms with Gasteiger partial charge in [0.05, 0.1) is 0 Å². The largest absolute Gasteiger partial charge is 0.356 e. The summed E-state index contributed by atoms with van der Waals surface area (Å²) in [4.78, 5) is 0. The molecule has 49 heavy (non-hydrogen) atoms. The van der Waals surface area contributed by atoms with Crippen molar-refractivity contribution in [3.05, 3.63) is 0 Å². The number of rotatable bonds is 32. The van der Waals surface area contributed by atoms with Crippen molar-refractivity contribution in [3.8, 4) is 0 Å². The van der Waals surface area contributed by atoms with E-state index in [2.05, 4.69) is 128 Å². The fourth-order valence-corrected chi connectivity index (χ4v) is 11.3. The van der Waals surface area contributed by atoms with Gasteiger partial charge in [-0.05, 0) is 149 Å². The smallest absolute Gasteiger partial charge is 0.160 e. The van der Waals surface area contributed by atoms with E-state index in [0.29, 0.717) is 0 Å². The maximum atomic E-state index is 6.31. The molecular weight excluding hydrogens is 830 g/mol. The maximum absolute atomic E-state index is 6.31. The van der Waals surface area contributed by atoms with Gasteiger partial charge in [0.25, 0.3) is 0 Å². The number of methoxy groups -OCH3 is 2. The molecule has 0 rings (SSSR count). The Bertz CT molecular complexity index is 688. The number of ether oxygens (including phenoxy) is 3. The average molecular weight is 919 g/mol. The first-order valence-corrected chi connectivity index (χ1v) is 23.4. The highest BCUT2D eigenvalue weighted by molar-refractivity contribution is 14.1. The topological polar surface area (TPSA) is 27.7 Å². The lowest BCUT2D eigenvalue weighted by Crippen LogP contribution is -2.25. The molecule has 0 aromatic heterocycles. The lowest BCUT2D eigenvalue weighted by molar-refractivity contribution is -0.233. The molecule has 0 aliphatic carbocycles. The first-order chi connectivity index (χ1) is 22.9. The van der Waals surface area contributed by atoms with E-state index in [0.717, 1.165) is 92.7 Å². The van der Waals surface area contributed by atoms with E-state index < -0.39 is 0 Å². The number of halogens is 2. The summed E-state index contributed by atoms with van der Waals surface area (Å²) in [5.41, 5.74) is 0. The van der Waals surface area contributed by atoms with E-state index in [1.54, 1.807) is 14.2 Å². The second kappa shape index (κ2) is 29.7. The van der Waals surface area contributed by atoms with E-state index in [9.17, 15) is 0 Å². The van der Waals surface area contributed by atoms with Gasteiger partial charge in [-0.2, -0.15) is 0 Å². The molecule has 14 atom stereocenters. The van der Waals surface area contributed by atoms with Gasteiger partial charge in [-0.25, -0.2) is 0 Å². The second-order valence-electron chi connectivity index (χ2n) is 18.3. The van der Waals surface area contributed by atoms with Crippen LogP contribution in [0.1, 0.15) is 186 Å². The van der Waals surface area contributed by atoms with E-state index >= 15 is 0 Å². The molecule has 0 heterocycles. The lowest BCUT2D eigenvalue weighted by atomic mass is 9.82. The van der Waals surface area contributed by atoms with Crippen LogP contribution in [0.15, 0.2) is 0 Å². The number of hydrogen-bond donors (Lipinski definition) is 0. The summed E-state index contributed by atoms with van der Waals surface area (Å²) in [6.45, 7) is 29.3. The highest BCUT2D eigenvalue weighted by atomic mass is 127. The number of hydrogen-bond acceptors (Lipinski definition) is 3. The third-order valence-electron chi connectivity index (χ3n) is 11.0. The van der Waals surface area contributed by atoms with Gasteiger partial charge in [-0.3, -0.25) is 0 Å². The molecule has 0 N–H and O–H groups in total. The van der Waals surface area contributed by atoms with Gasteiger partial charge >= 0.3 is 0 Å². The van der Waals surface area contributed by atoms with Crippen LogP contribution in [0.25, 0.3) is 0 Å². The minimum absolute atomic E-state index is 0.178. The quantitative estimate of drug-likeness (QED) is 0.0382. The Labute approximate surface area is 336 Å². The lowest BCUT2D eigenvalue weighted by Gasteiger charge is -2.26. The van der Waals surface area contributed by atoms with E-state index in [1.165, 1.54) is 77.0 Å². The molecule has 0 aromatic rings. The molecule has 0 saturated carbocycles. The summed E-state index contributed by atoms with van der Waals surface area (Å²) >= 11 is 5.15. The van der Waals surface area contributed by atoms with Crippen molar-refractivity contribution < 1.29 is 14.2 Å². The summed E-state index contributed by atoms with van der Waals surface area (Å²) < 4.78 is 19.4. The average Bonchev–Trinajstić information content (AvgIpc) is 2.93. The molecule has 0 aliphatic rings. The van der Waals surface area contributed by atoms with E-state index in [1.807, 2.05) is 0 Å². The molecule has 14 unspecified atom stereocenters. The summed E-state index contributed by atoms with van der Waals surface area (Å²) in [6, 6.07) is 0. The Hall–Kier alpha value is 1.34. The normalized spacial score (nSPS) is 21.1. The third kappa shape index (κ3) is 29.4. The molecule has 0 aromatic carbocycles. The molecule has 5 heteroatoms. The van der Waals surface area contributed by atoms with Crippen molar-refractivity contribution in [1.82, 2.24) is 0 Å². The molecule has 0 aliphatic heterocycles. The minimum Gasteiger partial charge on any atom is -0.356 e. The standard InChI is InChI=1S/C44H88I2O3/c1-31(21-33(3)23-35(5)25-37(7)27-39(9)29-41(11)45)17-15-19-43(47-13)49-44(48-14)20-16-18-32(2)22-34(4)24-36(6)26-38(8)28-40(10)30-42(12)46/h31-44H,15-30H2,1-14H3. The van der Waals surface area contributed by atoms with Crippen LogP contribution in [0.3, 0.4) is 0 Å². The van der Waals surface area contributed by atoms with Gasteiger partial charge in [0.2, 0.25) is 0 Å². The fraction of sp³-hybridized carbons (Fsp3) is 1.00. The van der Waals surface area contributed by atoms with E-state index in [4.69, 9.17) is 14.2 Å². The maximum Gasteiger partial charge on any atom is 0.160 e. The highest BCUT2D eigenvalue weighted by Gasteiger charge is 2.21. The zero-order chi connectivity index (χ0) is 37.5. The van der Waals surface area contributed by atoms with Crippen LogP contribution < -0.4 is 0 Å². The van der Waals surface area contributed by atoms with Gasteiger partial charge in [0.1, 0.15) is 0 Å². The molecular formula is C44H88I2O3. The zero-order valence-corrected chi connectivity index (χ0v) is 39.7. The predicted molar refractivity (Wildman–Crippen MR) is 235 cm³/mol. The molecule has 296 valence electrons. The zero-order valence-electron chi connectivity index (χ0n) is 35.4. The monoisotopic (exact) mass is 918 g/mol. The first kappa shape index (κ1) is 50.3. The van der Waals surface area contributed by atoms with Gasteiger partial charge in [0, 0.05) is 22.1 Å². The predicted octanol–water partition coefficient (Wildman–Crippen LogP) is 15.2. The molecule has 0 amide bonds. The molecule has 0 spiro atoms. The third-order valence-corrected chi connectivity index (χ3v) is 12.0. The number of alkyl halides is 2. The highest BCUT2D eigenvalue weighted by Crippen LogP contribution is 2.31. The summed E-state index contributed by atoms with van der Waals surface area (Å²) in [6.07, 6.45) is 19.9. The minimum atomic E-state index is -0.178. The van der Waals surface area contributed by atoms with Crippen molar-refractivity contribution in [3.63, 3.8) is 0 Å². The van der Waals surface area contributed by atoms with Crippen molar-refractivity contribution in [1.29, 1.82) is 0 Å². The Morgan fingerprint density at radius 1 is 0.327 bits per heavy atom. The van der Waals surface area contributed by atoms with Gasteiger partial charge in [0.15, 0.2) is 12.6 Å². The first-order valence-electron chi connectivity index (χ1n) is 20.9. The molecule has 3 nitrogen and oxygen atoms in total. The summed E-state index contributed by atoms with van der Waals surface area (Å²) in [5.74, 6) is 8.08. The van der Waals surface area contributed by atoms with Crippen LogP contribution >= 0.6 is 45.2 Å². The Morgan fingerprint density at radius 2 is 0.551 bits per heavy atom.